The maximum atomic E-state index is 10.2. The first-order valence-corrected chi connectivity index (χ1v) is 5.96. The van der Waals surface area contributed by atoms with Crippen LogP contribution in [0.2, 0.25) is 0 Å². The smallest absolute Gasteiger partial charge is 0.0600 e. The summed E-state index contributed by atoms with van der Waals surface area (Å²) in [5.74, 6) is 3.64. The van der Waals surface area contributed by atoms with Crippen molar-refractivity contribution in [2.24, 2.45) is 29.6 Å². The van der Waals surface area contributed by atoms with Crippen LogP contribution in [0.3, 0.4) is 0 Å². The van der Waals surface area contributed by atoms with Gasteiger partial charge in [-0.25, -0.2) is 0 Å². The van der Waals surface area contributed by atoms with Crippen molar-refractivity contribution in [1.82, 2.24) is 0 Å². The first-order chi connectivity index (χ1) is 6.79. The van der Waals surface area contributed by atoms with Gasteiger partial charge in [0.15, 0.2) is 0 Å². The second-order valence-corrected chi connectivity index (χ2v) is 5.60. The van der Waals surface area contributed by atoms with Crippen molar-refractivity contribution in [1.29, 1.82) is 0 Å². The molecule has 2 heteroatoms. The Morgan fingerprint density at radius 3 is 2.71 bits per heavy atom. The van der Waals surface area contributed by atoms with E-state index in [9.17, 15) is 5.11 Å². The number of aliphatic hydroxyl groups is 1. The highest BCUT2D eigenvalue weighted by Crippen LogP contribution is 2.56. The van der Waals surface area contributed by atoms with E-state index in [2.05, 4.69) is 0 Å². The Kier molecular flexibility index (Phi) is 2.10. The van der Waals surface area contributed by atoms with Gasteiger partial charge >= 0.3 is 0 Å². The summed E-state index contributed by atoms with van der Waals surface area (Å²) in [6, 6.07) is 0. The number of rotatable bonds is 2. The highest BCUT2D eigenvalue weighted by molar-refractivity contribution is 5.02. The summed E-state index contributed by atoms with van der Waals surface area (Å²) in [5.41, 5.74) is 0. The lowest BCUT2D eigenvalue weighted by Crippen LogP contribution is -2.54. The van der Waals surface area contributed by atoms with Crippen molar-refractivity contribution in [3.8, 4) is 0 Å². The molecule has 14 heavy (non-hydrogen) atoms. The molecule has 2 nitrogen and oxygen atoms in total. The molecule has 0 spiro atoms. The lowest BCUT2D eigenvalue weighted by atomic mass is 9.51. The highest BCUT2D eigenvalue weighted by Gasteiger charge is 2.52. The molecule has 4 rings (SSSR count). The van der Waals surface area contributed by atoms with Gasteiger partial charge in [-0.3, -0.25) is 0 Å². The van der Waals surface area contributed by atoms with Gasteiger partial charge in [-0.2, -0.15) is 0 Å². The lowest BCUT2D eigenvalue weighted by molar-refractivity contribution is -0.142. The van der Waals surface area contributed by atoms with E-state index in [4.69, 9.17) is 4.74 Å². The molecule has 0 saturated heterocycles. The van der Waals surface area contributed by atoms with Crippen LogP contribution >= 0.6 is 0 Å². The van der Waals surface area contributed by atoms with E-state index in [0.717, 1.165) is 18.4 Å². The standard InChI is InChI=1S/C12H20O2/c1-14-6-11-8-2-7-3-9(5-8)12(13)10(11)4-7/h7-13H,2-6H2,1H3/t7-,8+,9-,10-,11+,12-/m1/s1. The second-order valence-electron chi connectivity index (χ2n) is 5.60. The van der Waals surface area contributed by atoms with Crippen molar-refractivity contribution in [3.05, 3.63) is 0 Å². The van der Waals surface area contributed by atoms with E-state index >= 15 is 0 Å². The van der Waals surface area contributed by atoms with E-state index in [1.54, 1.807) is 7.11 Å². The summed E-state index contributed by atoms with van der Waals surface area (Å²) in [4.78, 5) is 0. The lowest BCUT2D eigenvalue weighted by Gasteiger charge is -2.56. The van der Waals surface area contributed by atoms with Crippen molar-refractivity contribution in [3.63, 3.8) is 0 Å². The van der Waals surface area contributed by atoms with Gasteiger partial charge in [0.25, 0.3) is 0 Å². The maximum Gasteiger partial charge on any atom is 0.0600 e. The summed E-state index contributed by atoms with van der Waals surface area (Å²) in [6.45, 7) is 0.867. The molecule has 0 radical (unpaired) electrons. The van der Waals surface area contributed by atoms with E-state index < -0.39 is 0 Å². The minimum Gasteiger partial charge on any atom is -0.393 e. The van der Waals surface area contributed by atoms with Gasteiger partial charge < -0.3 is 9.84 Å². The zero-order chi connectivity index (χ0) is 9.71. The molecule has 0 aromatic rings. The van der Waals surface area contributed by atoms with Crippen molar-refractivity contribution < 1.29 is 9.84 Å². The SMILES string of the molecule is COC[C@H]1[C@H]2C[C@@H]3C[C@H](C2)[C@@H](O)[C@@H]1C3. The molecule has 4 aliphatic rings. The van der Waals surface area contributed by atoms with Crippen molar-refractivity contribution >= 4 is 0 Å². The first-order valence-electron chi connectivity index (χ1n) is 5.96. The minimum atomic E-state index is -0.0112. The summed E-state index contributed by atoms with van der Waals surface area (Å²) >= 11 is 0. The molecular weight excluding hydrogens is 176 g/mol. The van der Waals surface area contributed by atoms with E-state index in [0.29, 0.717) is 17.8 Å². The summed E-state index contributed by atoms with van der Waals surface area (Å²) < 4.78 is 5.30. The Morgan fingerprint density at radius 2 is 1.93 bits per heavy atom. The molecule has 1 N–H and O–H groups in total. The monoisotopic (exact) mass is 196 g/mol. The molecule has 4 fully saturated rings. The van der Waals surface area contributed by atoms with Crippen molar-refractivity contribution in [2.45, 2.75) is 31.8 Å². The minimum absolute atomic E-state index is 0.0112. The largest absolute Gasteiger partial charge is 0.393 e. The topological polar surface area (TPSA) is 29.5 Å². The van der Waals surface area contributed by atoms with Crippen LogP contribution in [0.4, 0.5) is 0 Å². The van der Waals surface area contributed by atoms with Gasteiger partial charge in [0.1, 0.15) is 0 Å². The molecule has 0 aromatic heterocycles. The fourth-order valence-corrected chi connectivity index (χ4v) is 4.46. The Hall–Kier alpha value is -0.0800. The van der Waals surface area contributed by atoms with Gasteiger partial charge in [-0.15, -0.1) is 0 Å². The van der Waals surface area contributed by atoms with Gasteiger partial charge in [0.05, 0.1) is 6.10 Å². The Bertz CT molecular complexity index is 228. The average Bonchev–Trinajstić information content (AvgIpc) is 2.18. The fourth-order valence-electron chi connectivity index (χ4n) is 4.46. The molecule has 0 aromatic carbocycles. The molecule has 80 valence electrons. The van der Waals surface area contributed by atoms with Crippen LogP contribution in [-0.2, 0) is 4.74 Å². The fraction of sp³-hybridized carbons (Fsp3) is 1.00. The highest BCUT2D eigenvalue weighted by atomic mass is 16.5. The average molecular weight is 196 g/mol. The van der Waals surface area contributed by atoms with Gasteiger partial charge in [0, 0.05) is 13.7 Å². The van der Waals surface area contributed by atoms with E-state index in [1.165, 1.54) is 25.7 Å². The molecule has 0 aliphatic heterocycles. The number of methoxy groups -OCH3 is 1. The third-order valence-corrected chi connectivity index (χ3v) is 4.92. The zero-order valence-electron chi connectivity index (χ0n) is 8.86. The van der Waals surface area contributed by atoms with E-state index in [1.807, 2.05) is 0 Å². The number of aliphatic hydroxyl groups excluding tert-OH is 1. The zero-order valence-corrected chi connectivity index (χ0v) is 8.86. The predicted molar refractivity (Wildman–Crippen MR) is 53.8 cm³/mol. The normalized spacial score (nSPS) is 55.3. The number of ether oxygens (including phenoxy) is 1. The molecule has 0 amide bonds. The van der Waals surface area contributed by atoms with Crippen LogP contribution in [0.15, 0.2) is 0 Å². The summed E-state index contributed by atoms with van der Waals surface area (Å²) in [6.07, 6.45) is 5.23. The maximum absolute atomic E-state index is 10.2. The van der Waals surface area contributed by atoms with Crippen LogP contribution in [0.1, 0.15) is 25.7 Å². The Balaban J connectivity index is 1.82. The molecule has 6 atom stereocenters. The molecule has 0 heterocycles. The second kappa shape index (κ2) is 3.21. The van der Waals surface area contributed by atoms with Gasteiger partial charge in [0.2, 0.25) is 0 Å². The molecule has 0 unspecified atom stereocenters. The summed E-state index contributed by atoms with van der Waals surface area (Å²) in [5, 5.41) is 10.2. The molecule has 4 aliphatic carbocycles. The third-order valence-electron chi connectivity index (χ3n) is 4.92. The predicted octanol–water partition coefficient (Wildman–Crippen LogP) is 1.68. The third kappa shape index (κ3) is 1.17. The first kappa shape index (κ1) is 9.17. The van der Waals surface area contributed by atoms with Crippen LogP contribution < -0.4 is 0 Å². The van der Waals surface area contributed by atoms with Gasteiger partial charge in [-0.05, 0) is 55.3 Å². The quantitative estimate of drug-likeness (QED) is 0.728. The van der Waals surface area contributed by atoms with E-state index in [-0.39, 0.29) is 6.10 Å². The van der Waals surface area contributed by atoms with Gasteiger partial charge in [-0.1, -0.05) is 0 Å². The van der Waals surface area contributed by atoms with Crippen LogP contribution in [0.5, 0.6) is 0 Å². The van der Waals surface area contributed by atoms with Crippen molar-refractivity contribution in [2.75, 3.05) is 13.7 Å². The molecule has 4 bridgehead atoms. The summed E-state index contributed by atoms with van der Waals surface area (Å²) in [7, 11) is 1.79. The Morgan fingerprint density at radius 1 is 1.14 bits per heavy atom. The van der Waals surface area contributed by atoms with Crippen LogP contribution in [0.25, 0.3) is 0 Å². The Labute approximate surface area is 85.6 Å². The molecular formula is C12H20O2. The van der Waals surface area contributed by atoms with Crippen LogP contribution in [0, 0.1) is 29.6 Å². The number of hydrogen-bond donors (Lipinski definition) is 1. The molecule has 4 saturated carbocycles. The van der Waals surface area contributed by atoms with Crippen LogP contribution in [-0.4, -0.2) is 24.9 Å². The number of hydrogen-bond acceptors (Lipinski definition) is 2.